The fourth-order valence-corrected chi connectivity index (χ4v) is 6.89. The number of carbonyl (C=O) groups excluding carboxylic acids is 1. The summed E-state index contributed by atoms with van der Waals surface area (Å²) in [6.07, 6.45) is -3.60. The summed E-state index contributed by atoms with van der Waals surface area (Å²) in [5.74, 6) is -0.739. The van der Waals surface area contributed by atoms with Gasteiger partial charge < -0.3 is 14.2 Å². The standard InChI is InChI=1S/C35H25Cl2F3N2O5S/c1-3-46-33(44)29-30(28-23-10-6-4-8-19(23)12-14-26(28)45-2)42-32(43)27(48-34(42)41-31(29)35(38,39)40)17-21-16-22(36)13-15-25(21)47-18-20-9-5-7-11-24(20)37/h4-17,30H,3,18H2,1-2H3/b27-17-/t30-/m0/s1. The number of carbonyl (C=O) groups is 1. The summed E-state index contributed by atoms with van der Waals surface area (Å²) in [6, 6.07) is 20.6. The number of thiazole rings is 1. The molecule has 0 saturated carbocycles. The molecule has 0 spiro atoms. The van der Waals surface area contributed by atoms with Crippen LogP contribution >= 0.6 is 34.5 Å². The molecule has 1 aliphatic rings. The quantitative estimate of drug-likeness (QED) is 0.157. The monoisotopic (exact) mass is 712 g/mol. The number of nitrogens with zero attached hydrogens (tertiary/aromatic N) is 2. The Morgan fingerprint density at radius 3 is 2.48 bits per heavy atom. The highest BCUT2D eigenvalue weighted by Crippen LogP contribution is 2.43. The van der Waals surface area contributed by atoms with Crippen LogP contribution in [0.5, 0.6) is 11.5 Å². The zero-order valence-corrected chi connectivity index (χ0v) is 27.6. The molecule has 0 radical (unpaired) electrons. The van der Waals surface area contributed by atoms with Crippen LogP contribution in [0.1, 0.15) is 29.7 Å². The van der Waals surface area contributed by atoms with Crippen molar-refractivity contribution in [2.24, 2.45) is 4.99 Å². The van der Waals surface area contributed by atoms with Gasteiger partial charge >= 0.3 is 12.1 Å². The molecule has 6 rings (SSSR count). The van der Waals surface area contributed by atoms with E-state index in [2.05, 4.69) is 4.99 Å². The van der Waals surface area contributed by atoms with Crippen LogP contribution < -0.4 is 24.4 Å². The lowest BCUT2D eigenvalue weighted by Gasteiger charge is -2.28. The molecule has 4 aromatic carbocycles. The van der Waals surface area contributed by atoms with Gasteiger partial charge in [-0.15, -0.1) is 0 Å². The number of esters is 1. The van der Waals surface area contributed by atoms with E-state index in [-0.39, 0.29) is 33.9 Å². The Labute approximate surface area is 285 Å². The topological polar surface area (TPSA) is 79.1 Å². The normalized spacial score (nSPS) is 14.9. The van der Waals surface area contributed by atoms with Gasteiger partial charge in [-0.05, 0) is 54.1 Å². The van der Waals surface area contributed by atoms with E-state index in [0.29, 0.717) is 32.1 Å². The van der Waals surface area contributed by atoms with E-state index in [4.69, 9.17) is 37.4 Å². The van der Waals surface area contributed by atoms with E-state index in [0.717, 1.165) is 21.5 Å². The minimum atomic E-state index is -5.07. The summed E-state index contributed by atoms with van der Waals surface area (Å²) >= 11 is 13.3. The predicted molar refractivity (Wildman–Crippen MR) is 179 cm³/mol. The molecule has 0 N–H and O–H groups in total. The zero-order chi connectivity index (χ0) is 34.2. The average molecular weight is 714 g/mol. The van der Waals surface area contributed by atoms with Crippen LogP contribution in [-0.4, -0.2) is 30.4 Å². The van der Waals surface area contributed by atoms with Crippen LogP contribution in [0.15, 0.2) is 99.9 Å². The minimum absolute atomic E-state index is 0.0226. The van der Waals surface area contributed by atoms with Crippen LogP contribution in [0.25, 0.3) is 16.8 Å². The highest BCUT2D eigenvalue weighted by Gasteiger charge is 2.46. The molecule has 1 aliphatic heterocycles. The van der Waals surface area contributed by atoms with Gasteiger partial charge in [-0.25, -0.2) is 9.79 Å². The van der Waals surface area contributed by atoms with Crippen molar-refractivity contribution in [3.8, 4) is 11.5 Å². The third kappa shape index (κ3) is 6.33. The molecule has 0 aliphatic carbocycles. The van der Waals surface area contributed by atoms with Crippen LogP contribution in [0.2, 0.25) is 10.0 Å². The highest BCUT2D eigenvalue weighted by molar-refractivity contribution is 7.07. The van der Waals surface area contributed by atoms with Crippen molar-refractivity contribution >= 4 is 57.4 Å². The Morgan fingerprint density at radius 1 is 1.02 bits per heavy atom. The average Bonchev–Trinajstić information content (AvgIpc) is 3.37. The van der Waals surface area contributed by atoms with Gasteiger partial charge in [0, 0.05) is 26.7 Å². The molecular weight excluding hydrogens is 688 g/mol. The molecule has 2 heterocycles. The van der Waals surface area contributed by atoms with Crippen molar-refractivity contribution in [2.75, 3.05) is 13.7 Å². The van der Waals surface area contributed by atoms with Gasteiger partial charge in [0.05, 0.1) is 23.8 Å². The van der Waals surface area contributed by atoms with Gasteiger partial charge in [0.15, 0.2) is 10.5 Å². The number of halogens is 5. The maximum atomic E-state index is 14.8. The van der Waals surface area contributed by atoms with Crippen molar-refractivity contribution in [2.45, 2.75) is 25.7 Å². The van der Waals surface area contributed by atoms with Crippen molar-refractivity contribution < 1.29 is 32.2 Å². The molecule has 1 atom stereocenters. The fourth-order valence-electron chi connectivity index (χ4n) is 5.52. The van der Waals surface area contributed by atoms with E-state index in [9.17, 15) is 22.8 Å². The number of methoxy groups -OCH3 is 1. The van der Waals surface area contributed by atoms with E-state index < -0.39 is 35.0 Å². The van der Waals surface area contributed by atoms with Gasteiger partial charge in [-0.2, -0.15) is 13.2 Å². The Balaban J connectivity index is 1.61. The zero-order valence-electron chi connectivity index (χ0n) is 25.3. The van der Waals surface area contributed by atoms with Crippen LogP contribution in [0.4, 0.5) is 13.2 Å². The van der Waals surface area contributed by atoms with Crippen molar-refractivity contribution in [3.63, 3.8) is 0 Å². The molecule has 7 nitrogen and oxygen atoms in total. The molecule has 13 heteroatoms. The molecule has 48 heavy (non-hydrogen) atoms. The SMILES string of the molecule is CCOC(=O)C1=C(C(F)(F)F)N=c2s/c(=C\c3cc(Cl)ccc3OCc3ccccc3Cl)c(=O)n2[C@H]1c1c(OC)ccc2ccccc12. The second kappa shape index (κ2) is 13.5. The van der Waals surface area contributed by atoms with Crippen LogP contribution in [0, 0.1) is 0 Å². The first-order valence-corrected chi connectivity index (χ1v) is 16.1. The second-order valence-corrected chi connectivity index (χ2v) is 12.4. The maximum Gasteiger partial charge on any atom is 0.434 e. The number of hydrogen-bond donors (Lipinski definition) is 0. The second-order valence-electron chi connectivity index (χ2n) is 10.5. The Kier molecular flexibility index (Phi) is 9.37. The van der Waals surface area contributed by atoms with Crippen molar-refractivity contribution in [1.82, 2.24) is 4.57 Å². The molecule has 0 saturated heterocycles. The van der Waals surface area contributed by atoms with Crippen LogP contribution in [0.3, 0.4) is 0 Å². The maximum absolute atomic E-state index is 14.8. The molecule has 0 unspecified atom stereocenters. The van der Waals surface area contributed by atoms with E-state index in [1.807, 2.05) is 6.07 Å². The van der Waals surface area contributed by atoms with E-state index >= 15 is 0 Å². The van der Waals surface area contributed by atoms with Gasteiger partial charge in [-0.1, -0.05) is 83.1 Å². The summed E-state index contributed by atoms with van der Waals surface area (Å²) in [6.45, 7) is 1.37. The number of allylic oxidation sites excluding steroid dienone is 1. The summed E-state index contributed by atoms with van der Waals surface area (Å²) in [5.41, 5.74) is -1.70. The third-order valence-corrected chi connectivity index (χ3v) is 9.21. The molecule has 246 valence electrons. The number of ether oxygens (including phenoxy) is 3. The summed E-state index contributed by atoms with van der Waals surface area (Å²) in [4.78, 5) is 31.4. The minimum Gasteiger partial charge on any atom is -0.496 e. The first-order chi connectivity index (χ1) is 23.0. The molecule has 0 amide bonds. The van der Waals surface area contributed by atoms with Gasteiger partial charge in [0.25, 0.3) is 5.56 Å². The molecule has 5 aromatic rings. The smallest absolute Gasteiger partial charge is 0.434 e. The Bertz CT molecular complexity index is 2280. The fraction of sp³-hybridized carbons (Fsp3) is 0.171. The van der Waals surface area contributed by atoms with E-state index in [1.165, 1.54) is 20.1 Å². The molecule has 0 bridgehead atoms. The largest absolute Gasteiger partial charge is 0.496 e. The number of aromatic nitrogens is 1. The number of hydrogen-bond acceptors (Lipinski definition) is 7. The summed E-state index contributed by atoms with van der Waals surface area (Å²) < 4.78 is 62.2. The number of fused-ring (bicyclic) bond motifs is 2. The first-order valence-electron chi connectivity index (χ1n) is 14.5. The van der Waals surface area contributed by atoms with Gasteiger partial charge in [0.2, 0.25) is 0 Å². The lowest BCUT2D eigenvalue weighted by molar-refractivity contribution is -0.140. The van der Waals surface area contributed by atoms with Gasteiger partial charge in [0.1, 0.15) is 24.1 Å². The first kappa shape index (κ1) is 33.3. The van der Waals surface area contributed by atoms with Crippen molar-refractivity contribution in [1.29, 1.82) is 0 Å². The third-order valence-electron chi connectivity index (χ3n) is 7.62. The van der Waals surface area contributed by atoms with Crippen molar-refractivity contribution in [3.05, 3.63) is 137 Å². The number of alkyl halides is 3. The Morgan fingerprint density at radius 2 is 1.75 bits per heavy atom. The lowest BCUT2D eigenvalue weighted by Crippen LogP contribution is -2.41. The van der Waals surface area contributed by atoms with Crippen LogP contribution in [-0.2, 0) is 16.1 Å². The molecular formula is C35H25Cl2F3N2O5S. The lowest BCUT2D eigenvalue weighted by atomic mass is 9.90. The molecule has 1 aromatic heterocycles. The predicted octanol–water partition coefficient (Wildman–Crippen LogP) is 7.39. The number of rotatable bonds is 8. The number of benzene rings is 4. The van der Waals surface area contributed by atoms with E-state index in [1.54, 1.807) is 72.8 Å². The highest BCUT2D eigenvalue weighted by atomic mass is 35.5. The molecule has 0 fully saturated rings. The summed E-state index contributed by atoms with van der Waals surface area (Å²) in [7, 11) is 1.36. The van der Waals surface area contributed by atoms with Gasteiger partial charge in [-0.3, -0.25) is 9.36 Å². The Hall–Kier alpha value is -4.58. The summed E-state index contributed by atoms with van der Waals surface area (Å²) in [5, 5.41) is 1.97.